The third-order valence-corrected chi connectivity index (χ3v) is 2.56. The summed E-state index contributed by atoms with van der Waals surface area (Å²) < 4.78 is 18.9. The quantitative estimate of drug-likeness (QED) is 0.873. The predicted molar refractivity (Wildman–Crippen MR) is 74.9 cm³/mol. The maximum absolute atomic E-state index is 13.8. The van der Waals surface area contributed by atoms with E-state index in [2.05, 4.69) is 5.32 Å². The summed E-state index contributed by atoms with van der Waals surface area (Å²) in [4.78, 5) is 11.5. The van der Waals surface area contributed by atoms with Crippen molar-refractivity contribution in [1.82, 2.24) is 5.32 Å². The number of nitrogens with one attached hydrogen (secondary N) is 1. The summed E-state index contributed by atoms with van der Waals surface area (Å²) in [5, 5.41) is 11.3. The zero-order chi connectivity index (χ0) is 15.2. The van der Waals surface area contributed by atoms with Crippen molar-refractivity contribution in [2.24, 2.45) is 0 Å². The molecule has 112 valence electrons. The van der Waals surface area contributed by atoms with Gasteiger partial charge in [0.25, 0.3) is 0 Å². The monoisotopic (exact) mass is 283 g/mol. The van der Waals surface area contributed by atoms with Crippen LogP contribution >= 0.6 is 0 Å². The number of hydrogen-bond acceptors (Lipinski definition) is 3. The average Bonchev–Trinajstić information content (AvgIpc) is 2.33. The van der Waals surface area contributed by atoms with Crippen LogP contribution in [0.2, 0.25) is 0 Å². The highest BCUT2D eigenvalue weighted by Gasteiger charge is 2.16. The van der Waals surface area contributed by atoms with Gasteiger partial charge in [-0.25, -0.2) is 9.18 Å². The zero-order valence-corrected chi connectivity index (χ0v) is 12.2. The Morgan fingerprint density at radius 1 is 1.40 bits per heavy atom. The van der Waals surface area contributed by atoms with E-state index in [1.54, 1.807) is 32.9 Å². The molecular formula is C15H22FNO3. The highest BCUT2D eigenvalue weighted by molar-refractivity contribution is 5.67. The summed E-state index contributed by atoms with van der Waals surface area (Å²) in [6, 6.07) is 4.87. The van der Waals surface area contributed by atoms with E-state index in [1.165, 1.54) is 6.07 Å². The van der Waals surface area contributed by atoms with Gasteiger partial charge in [-0.1, -0.05) is 12.1 Å². The zero-order valence-electron chi connectivity index (χ0n) is 12.2. The number of rotatable bonds is 5. The molecule has 4 nitrogen and oxygen atoms in total. The Labute approximate surface area is 119 Å². The Hall–Kier alpha value is -1.62. The number of amides is 1. The van der Waals surface area contributed by atoms with Crippen LogP contribution in [0, 0.1) is 5.82 Å². The number of benzene rings is 1. The van der Waals surface area contributed by atoms with E-state index in [0.717, 1.165) is 5.56 Å². The smallest absolute Gasteiger partial charge is 0.407 e. The Morgan fingerprint density at radius 2 is 2.10 bits per heavy atom. The lowest BCUT2D eigenvalue weighted by molar-refractivity contribution is 0.0523. The molecule has 0 saturated carbocycles. The van der Waals surface area contributed by atoms with Crippen LogP contribution in [-0.2, 0) is 17.7 Å². The molecule has 1 aromatic carbocycles. The summed E-state index contributed by atoms with van der Waals surface area (Å²) in [7, 11) is 0. The number of aliphatic hydroxyl groups excluding tert-OH is 1. The van der Waals surface area contributed by atoms with Crippen molar-refractivity contribution >= 4 is 6.09 Å². The van der Waals surface area contributed by atoms with E-state index >= 15 is 0 Å². The molecular weight excluding hydrogens is 261 g/mol. The number of ether oxygens (including phenoxy) is 1. The van der Waals surface area contributed by atoms with Crippen molar-refractivity contribution in [3.05, 3.63) is 35.1 Å². The summed E-state index contributed by atoms with van der Waals surface area (Å²) in [5.41, 5.74) is 0.665. The molecule has 1 amide bonds. The van der Waals surface area contributed by atoms with Crippen LogP contribution in [0.4, 0.5) is 9.18 Å². The Bertz CT molecular complexity index is 455. The van der Waals surface area contributed by atoms with Gasteiger partial charge in [0.2, 0.25) is 0 Å². The minimum Gasteiger partial charge on any atom is -0.444 e. The van der Waals surface area contributed by atoms with Gasteiger partial charge in [0.1, 0.15) is 11.4 Å². The molecule has 0 radical (unpaired) electrons. The number of aryl methyl sites for hydroxylation is 1. The molecule has 0 aromatic heterocycles. The molecule has 2 N–H and O–H groups in total. The molecule has 0 heterocycles. The van der Waals surface area contributed by atoms with Crippen molar-refractivity contribution in [1.29, 1.82) is 0 Å². The molecule has 0 spiro atoms. The van der Waals surface area contributed by atoms with E-state index in [4.69, 9.17) is 9.84 Å². The highest BCUT2D eigenvalue weighted by atomic mass is 19.1. The summed E-state index contributed by atoms with van der Waals surface area (Å²) in [6.07, 6.45) is 0.670. The van der Waals surface area contributed by atoms with Crippen molar-refractivity contribution < 1.29 is 19.0 Å². The van der Waals surface area contributed by atoms with Crippen LogP contribution < -0.4 is 5.32 Å². The molecule has 0 aliphatic rings. The first kappa shape index (κ1) is 16.4. The normalized spacial score (nSPS) is 11.2. The van der Waals surface area contributed by atoms with Gasteiger partial charge in [-0.05, 0) is 45.2 Å². The summed E-state index contributed by atoms with van der Waals surface area (Å²) >= 11 is 0. The van der Waals surface area contributed by atoms with Gasteiger partial charge in [-0.2, -0.15) is 0 Å². The molecule has 0 saturated heterocycles. The third-order valence-electron chi connectivity index (χ3n) is 2.56. The number of carbonyl (C=O) groups excluding carboxylic acids is 1. The summed E-state index contributed by atoms with van der Waals surface area (Å²) in [6.45, 7) is 5.47. The molecule has 0 atom stereocenters. The summed E-state index contributed by atoms with van der Waals surface area (Å²) in [5.74, 6) is -0.364. The van der Waals surface area contributed by atoms with Gasteiger partial charge >= 0.3 is 6.09 Å². The number of carbonyl (C=O) groups is 1. The van der Waals surface area contributed by atoms with Crippen LogP contribution in [0.1, 0.15) is 38.3 Å². The lowest BCUT2D eigenvalue weighted by atomic mass is 10.1. The third kappa shape index (κ3) is 6.02. The van der Waals surface area contributed by atoms with Crippen LogP contribution in [0.15, 0.2) is 18.2 Å². The second-order valence-electron chi connectivity index (χ2n) is 5.61. The first-order valence-corrected chi connectivity index (χ1v) is 6.67. The van der Waals surface area contributed by atoms with E-state index < -0.39 is 11.7 Å². The van der Waals surface area contributed by atoms with Gasteiger partial charge < -0.3 is 15.2 Å². The number of alkyl carbamates (subject to hydrolysis) is 1. The van der Waals surface area contributed by atoms with Gasteiger partial charge in [-0.15, -0.1) is 0 Å². The molecule has 0 aliphatic carbocycles. The van der Waals surface area contributed by atoms with Crippen molar-refractivity contribution in [2.45, 2.75) is 45.8 Å². The molecule has 0 unspecified atom stereocenters. The topological polar surface area (TPSA) is 58.6 Å². The fraction of sp³-hybridized carbons (Fsp3) is 0.533. The Morgan fingerprint density at radius 3 is 2.65 bits per heavy atom. The fourth-order valence-corrected chi connectivity index (χ4v) is 1.65. The largest absolute Gasteiger partial charge is 0.444 e. The van der Waals surface area contributed by atoms with Crippen molar-refractivity contribution in [2.75, 3.05) is 6.61 Å². The second-order valence-corrected chi connectivity index (χ2v) is 5.61. The van der Waals surface area contributed by atoms with Gasteiger partial charge in [0, 0.05) is 18.7 Å². The molecule has 0 fully saturated rings. The Kier molecular flexibility index (Phi) is 5.95. The standard InChI is InChI=1S/C15H22FNO3/c1-15(2,3)20-14(19)17-10-12-7-6-11(5-4-8-18)9-13(12)16/h6-7,9,18H,4-5,8,10H2,1-3H3,(H,17,19). The number of aliphatic hydroxyl groups is 1. The van der Waals surface area contributed by atoms with Gasteiger partial charge in [0.15, 0.2) is 0 Å². The molecule has 5 heteroatoms. The number of hydrogen-bond donors (Lipinski definition) is 2. The lowest BCUT2D eigenvalue weighted by Gasteiger charge is -2.19. The number of halogens is 1. The maximum atomic E-state index is 13.8. The van der Waals surface area contributed by atoms with Crippen LogP contribution in [0.5, 0.6) is 0 Å². The molecule has 0 aliphatic heterocycles. The molecule has 1 aromatic rings. The van der Waals surface area contributed by atoms with E-state index in [9.17, 15) is 9.18 Å². The van der Waals surface area contributed by atoms with Crippen LogP contribution in [-0.4, -0.2) is 23.4 Å². The minimum atomic E-state index is -0.573. The maximum Gasteiger partial charge on any atom is 0.407 e. The van der Waals surface area contributed by atoms with E-state index in [0.29, 0.717) is 18.4 Å². The predicted octanol–water partition coefficient (Wildman–Crippen LogP) is 2.78. The first-order valence-electron chi connectivity index (χ1n) is 6.67. The molecule has 1 rings (SSSR count). The van der Waals surface area contributed by atoms with Crippen LogP contribution in [0.3, 0.4) is 0 Å². The van der Waals surface area contributed by atoms with Gasteiger partial charge in [-0.3, -0.25) is 0 Å². The molecule has 20 heavy (non-hydrogen) atoms. The fourth-order valence-electron chi connectivity index (χ4n) is 1.65. The SMILES string of the molecule is CC(C)(C)OC(=O)NCc1ccc(CCCO)cc1F. The van der Waals surface area contributed by atoms with Crippen molar-refractivity contribution in [3.63, 3.8) is 0 Å². The lowest BCUT2D eigenvalue weighted by Crippen LogP contribution is -2.32. The van der Waals surface area contributed by atoms with Gasteiger partial charge in [0.05, 0.1) is 0 Å². The van der Waals surface area contributed by atoms with E-state index in [1.807, 2.05) is 0 Å². The highest BCUT2D eigenvalue weighted by Crippen LogP contribution is 2.12. The van der Waals surface area contributed by atoms with E-state index in [-0.39, 0.29) is 19.0 Å². The minimum absolute atomic E-state index is 0.0844. The first-order chi connectivity index (χ1) is 9.31. The second kappa shape index (κ2) is 7.24. The van der Waals surface area contributed by atoms with Crippen molar-refractivity contribution in [3.8, 4) is 0 Å². The average molecular weight is 283 g/mol. The van der Waals surface area contributed by atoms with Crippen LogP contribution in [0.25, 0.3) is 0 Å². The molecule has 0 bridgehead atoms. The Balaban J connectivity index is 2.54.